The van der Waals surface area contributed by atoms with Crippen molar-refractivity contribution in [1.29, 1.82) is 0 Å². The van der Waals surface area contributed by atoms with Gasteiger partial charge in [0, 0.05) is 38.1 Å². The van der Waals surface area contributed by atoms with E-state index in [1.54, 1.807) is 28.2 Å². The Bertz CT molecular complexity index is 578. The molecule has 1 aliphatic heterocycles. The van der Waals surface area contributed by atoms with Gasteiger partial charge < -0.3 is 9.67 Å². The molecule has 0 aliphatic carbocycles. The Labute approximate surface area is 127 Å². The van der Waals surface area contributed by atoms with Crippen LogP contribution < -0.4 is 0 Å². The third-order valence-corrected chi connectivity index (χ3v) is 6.17. The van der Waals surface area contributed by atoms with Crippen LogP contribution in [0.15, 0.2) is 17.2 Å². The predicted octanol–water partition coefficient (Wildman–Crippen LogP) is 0.622. The smallest absolute Gasteiger partial charge is 0.244 e. The van der Waals surface area contributed by atoms with Crippen LogP contribution in [-0.2, 0) is 23.7 Å². The van der Waals surface area contributed by atoms with Crippen LogP contribution in [0.1, 0.15) is 26.0 Å². The molecule has 0 radical (unpaired) electrons. The van der Waals surface area contributed by atoms with Gasteiger partial charge >= 0.3 is 0 Å². The summed E-state index contributed by atoms with van der Waals surface area (Å²) in [4.78, 5) is 2.58. The van der Waals surface area contributed by atoms with Crippen molar-refractivity contribution in [3.05, 3.63) is 18.0 Å². The van der Waals surface area contributed by atoms with Crippen LogP contribution in [-0.4, -0.2) is 59.5 Å². The van der Waals surface area contributed by atoms with Crippen molar-refractivity contribution in [3.8, 4) is 0 Å². The number of aliphatic hydroxyl groups is 1. The Kier molecular flexibility index (Phi) is 5.08. The maximum absolute atomic E-state index is 12.7. The maximum atomic E-state index is 12.7. The van der Waals surface area contributed by atoms with Crippen LogP contribution in [0.2, 0.25) is 0 Å². The van der Waals surface area contributed by atoms with Gasteiger partial charge in [0.15, 0.2) is 0 Å². The molecule has 1 atom stereocenters. The lowest BCUT2D eigenvalue weighted by molar-refractivity contribution is 0.224. The van der Waals surface area contributed by atoms with Crippen LogP contribution in [0.25, 0.3) is 0 Å². The SMILES string of the molecule is CCN(CC)C1CCN(S(=O)(=O)c2cc(CO)n(C)c2)C1. The van der Waals surface area contributed by atoms with Gasteiger partial charge in [-0.05, 0) is 25.6 Å². The Morgan fingerprint density at radius 1 is 1.38 bits per heavy atom. The van der Waals surface area contributed by atoms with Crippen molar-refractivity contribution in [1.82, 2.24) is 13.8 Å². The average Bonchev–Trinajstić information content (AvgIpc) is 3.07. The van der Waals surface area contributed by atoms with Gasteiger partial charge in [-0.1, -0.05) is 13.8 Å². The van der Waals surface area contributed by atoms with Gasteiger partial charge in [0.25, 0.3) is 0 Å². The molecule has 120 valence electrons. The lowest BCUT2D eigenvalue weighted by Crippen LogP contribution is -2.38. The monoisotopic (exact) mass is 315 g/mol. The van der Waals surface area contributed by atoms with Crippen molar-refractivity contribution >= 4 is 10.0 Å². The number of aliphatic hydroxyl groups excluding tert-OH is 1. The van der Waals surface area contributed by atoms with E-state index in [2.05, 4.69) is 18.7 Å². The molecule has 0 spiro atoms. The van der Waals surface area contributed by atoms with Crippen LogP contribution in [0.3, 0.4) is 0 Å². The molecule has 1 saturated heterocycles. The van der Waals surface area contributed by atoms with Crippen LogP contribution >= 0.6 is 0 Å². The second-order valence-corrected chi connectivity index (χ2v) is 7.40. The lowest BCUT2D eigenvalue weighted by atomic mass is 10.2. The zero-order valence-corrected chi connectivity index (χ0v) is 13.8. The van der Waals surface area contributed by atoms with Gasteiger partial charge in [0.2, 0.25) is 10.0 Å². The van der Waals surface area contributed by atoms with Crippen molar-refractivity contribution in [2.24, 2.45) is 7.05 Å². The Morgan fingerprint density at radius 3 is 2.57 bits per heavy atom. The van der Waals surface area contributed by atoms with Gasteiger partial charge in [-0.15, -0.1) is 0 Å². The third-order valence-electron chi connectivity index (χ3n) is 4.34. The summed E-state index contributed by atoms with van der Waals surface area (Å²) in [7, 11) is -1.72. The van der Waals surface area contributed by atoms with E-state index in [0.29, 0.717) is 24.8 Å². The van der Waals surface area contributed by atoms with Gasteiger partial charge in [-0.3, -0.25) is 4.90 Å². The summed E-state index contributed by atoms with van der Waals surface area (Å²) in [5, 5.41) is 9.21. The average molecular weight is 315 g/mol. The van der Waals surface area contributed by atoms with Crippen molar-refractivity contribution in [2.45, 2.75) is 37.8 Å². The Balaban J connectivity index is 2.17. The molecule has 0 bridgehead atoms. The first kappa shape index (κ1) is 16.5. The molecule has 1 fully saturated rings. The summed E-state index contributed by atoms with van der Waals surface area (Å²) in [6.45, 7) is 7.04. The fourth-order valence-corrected chi connectivity index (χ4v) is 4.58. The van der Waals surface area contributed by atoms with E-state index in [0.717, 1.165) is 19.5 Å². The molecule has 1 aromatic rings. The molecule has 1 N–H and O–H groups in total. The predicted molar refractivity (Wildman–Crippen MR) is 81.4 cm³/mol. The summed E-state index contributed by atoms with van der Waals surface area (Å²) in [6.07, 6.45) is 2.45. The van der Waals surface area contributed by atoms with E-state index in [1.165, 1.54) is 0 Å². The highest BCUT2D eigenvalue weighted by Gasteiger charge is 2.35. The molecular weight excluding hydrogens is 290 g/mol. The molecule has 0 amide bonds. The number of hydrogen-bond donors (Lipinski definition) is 1. The first-order chi connectivity index (χ1) is 9.93. The van der Waals surface area contributed by atoms with Gasteiger partial charge in [-0.2, -0.15) is 4.31 Å². The second-order valence-electron chi connectivity index (χ2n) is 5.46. The highest BCUT2D eigenvalue weighted by molar-refractivity contribution is 7.89. The largest absolute Gasteiger partial charge is 0.390 e. The molecule has 1 aliphatic rings. The van der Waals surface area contributed by atoms with Crippen molar-refractivity contribution in [3.63, 3.8) is 0 Å². The standard InChI is InChI=1S/C14H25N3O3S/c1-4-16(5-2)12-6-7-17(9-12)21(19,20)14-8-13(11-18)15(3)10-14/h8,10,12,18H,4-7,9,11H2,1-3H3. The summed E-state index contributed by atoms with van der Waals surface area (Å²) in [5.41, 5.74) is 0.605. The maximum Gasteiger partial charge on any atom is 0.244 e. The molecule has 1 unspecified atom stereocenters. The molecule has 6 nitrogen and oxygen atoms in total. The fraction of sp³-hybridized carbons (Fsp3) is 0.714. The summed E-state index contributed by atoms with van der Waals surface area (Å²) in [5.74, 6) is 0. The van der Waals surface area contributed by atoms with E-state index < -0.39 is 10.0 Å². The van der Waals surface area contributed by atoms with Crippen LogP contribution in [0.5, 0.6) is 0 Å². The molecule has 7 heteroatoms. The number of sulfonamides is 1. The first-order valence-corrected chi connectivity index (χ1v) is 8.88. The van der Waals surface area contributed by atoms with Crippen molar-refractivity contribution < 1.29 is 13.5 Å². The summed E-state index contributed by atoms with van der Waals surface area (Å²) < 4.78 is 28.6. The number of likely N-dealkylation sites (N-methyl/N-ethyl adjacent to an activating group) is 1. The van der Waals surface area contributed by atoms with E-state index >= 15 is 0 Å². The van der Waals surface area contributed by atoms with E-state index in [-0.39, 0.29) is 11.5 Å². The van der Waals surface area contributed by atoms with Crippen LogP contribution in [0.4, 0.5) is 0 Å². The molecule has 0 saturated carbocycles. The highest BCUT2D eigenvalue weighted by atomic mass is 32.2. The number of hydrogen-bond acceptors (Lipinski definition) is 4. The van der Waals surface area contributed by atoms with Gasteiger partial charge in [0.05, 0.1) is 6.61 Å². The Hall–Kier alpha value is -0.890. The zero-order valence-electron chi connectivity index (χ0n) is 13.0. The summed E-state index contributed by atoms with van der Waals surface area (Å²) in [6, 6.07) is 1.86. The van der Waals surface area contributed by atoms with Gasteiger partial charge in [-0.25, -0.2) is 8.42 Å². The minimum Gasteiger partial charge on any atom is -0.390 e. The minimum absolute atomic E-state index is 0.159. The van der Waals surface area contributed by atoms with E-state index in [4.69, 9.17) is 0 Å². The topological polar surface area (TPSA) is 65.8 Å². The Morgan fingerprint density at radius 2 is 2.05 bits per heavy atom. The molecule has 0 aromatic carbocycles. The normalized spacial score (nSPS) is 20.5. The molecule has 21 heavy (non-hydrogen) atoms. The molecule has 2 rings (SSSR count). The van der Waals surface area contributed by atoms with E-state index in [1.807, 2.05) is 0 Å². The van der Waals surface area contributed by atoms with Crippen LogP contribution in [0, 0.1) is 0 Å². The lowest BCUT2D eigenvalue weighted by Gasteiger charge is -2.25. The molecule has 2 heterocycles. The minimum atomic E-state index is -3.46. The van der Waals surface area contributed by atoms with E-state index in [9.17, 15) is 13.5 Å². The zero-order chi connectivity index (χ0) is 15.6. The number of nitrogens with zero attached hydrogens (tertiary/aromatic N) is 3. The fourth-order valence-electron chi connectivity index (χ4n) is 2.99. The molecule has 1 aromatic heterocycles. The highest BCUT2D eigenvalue weighted by Crippen LogP contribution is 2.24. The number of rotatable bonds is 6. The molecular formula is C14H25N3O3S. The quantitative estimate of drug-likeness (QED) is 0.836. The third kappa shape index (κ3) is 3.15. The second kappa shape index (κ2) is 6.48. The summed E-state index contributed by atoms with van der Waals surface area (Å²) >= 11 is 0. The first-order valence-electron chi connectivity index (χ1n) is 7.44. The number of aromatic nitrogens is 1. The van der Waals surface area contributed by atoms with Crippen molar-refractivity contribution in [2.75, 3.05) is 26.2 Å². The number of aryl methyl sites for hydroxylation is 1. The van der Waals surface area contributed by atoms with Gasteiger partial charge in [0.1, 0.15) is 4.90 Å².